The lowest BCUT2D eigenvalue weighted by Gasteiger charge is -2.22. The number of carbonyl (C=O) groups is 2. The van der Waals surface area contributed by atoms with E-state index in [2.05, 4.69) is 10.4 Å². The van der Waals surface area contributed by atoms with Crippen molar-refractivity contribution < 1.29 is 14.3 Å². The van der Waals surface area contributed by atoms with Crippen molar-refractivity contribution in [3.8, 4) is 5.69 Å². The fourth-order valence-corrected chi connectivity index (χ4v) is 3.41. The summed E-state index contributed by atoms with van der Waals surface area (Å²) < 4.78 is 7.19. The van der Waals surface area contributed by atoms with Crippen molar-refractivity contribution in [1.82, 2.24) is 19.6 Å². The molecule has 4 rings (SSSR count). The third kappa shape index (κ3) is 2.79. The highest BCUT2D eigenvalue weighted by atomic mass is 16.6. The van der Waals surface area contributed by atoms with Crippen molar-refractivity contribution in [1.29, 1.82) is 0 Å². The normalized spacial score (nSPS) is 22.5. The zero-order valence-corrected chi connectivity index (χ0v) is 13.9. The number of rotatable bonds is 2. The largest absolute Gasteiger partial charge is 0.439 e. The Hall–Kier alpha value is -3.03. The van der Waals surface area contributed by atoms with Crippen LogP contribution in [0.25, 0.3) is 5.69 Å². The Bertz CT molecular complexity index is 806. The van der Waals surface area contributed by atoms with Gasteiger partial charge in [-0.1, -0.05) is 12.1 Å². The van der Waals surface area contributed by atoms with Gasteiger partial charge in [-0.3, -0.25) is 0 Å². The number of para-hydroxylation sites is 2. The Balaban J connectivity index is 1.48. The van der Waals surface area contributed by atoms with Crippen molar-refractivity contribution in [3.63, 3.8) is 0 Å². The number of carbonyl (C=O) groups excluding carboxylic acids is 2. The van der Waals surface area contributed by atoms with Gasteiger partial charge in [-0.05, 0) is 18.2 Å². The molecule has 2 saturated heterocycles. The average Bonchev–Trinajstić information content (AvgIpc) is 3.30. The second-order valence-corrected chi connectivity index (χ2v) is 6.48. The van der Waals surface area contributed by atoms with E-state index in [1.54, 1.807) is 27.7 Å². The molecule has 3 heterocycles. The van der Waals surface area contributed by atoms with Crippen molar-refractivity contribution in [2.75, 3.05) is 32.0 Å². The molecule has 1 aromatic carbocycles. The van der Waals surface area contributed by atoms with Crippen molar-refractivity contribution >= 4 is 17.8 Å². The quantitative estimate of drug-likeness (QED) is 0.905. The Labute approximate surface area is 145 Å². The summed E-state index contributed by atoms with van der Waals surface area (Å²) in [6.07, 6.45) is 3.83. The van der Waals surface area contributed by atoms with Crippen LogP contribution in [0.15, 0.2) is 42.7 Å². The smallest absolute Gasteiger partial charge is 0.410 e. The minimum Gasteiger partial charge on any atom is -0.439 e. The highest BCUT2D eigenvalue weighted by Crippen LogP contribution is 2.32. The van der Waals surface area contributed by atoms with Crippen LogP contribution in [0.3, 0.4) is 0 Å². The lowest BCUT2D eigenvalue weighted by atomic mass is 10.0. The third-order valence-corrected chi connectivity index (χ3v) is 4.64. The molecular weight excluding hydrogens is 322 g/mol. The maximum Gasteiger partial charge on any atom is 0.410 e. The van der Waals surface area contributed by atoms with Gasteiger partial charge in [-0.25, -0.2) is 14.3 Å². The van der Waals surface area contributed by atoms with Crippen LogP contribution < -0.4 is 5.32 Å². The van der Waals surface area contributed by atoms with E-state index in [0.29, 0.717) is 31.7 Å². The predicted octanol–water partition coefficient (Wildman–Crippen LogP) is 1.93. The molecule has 8 heteroatoms. The molecule has 2 aromatic rings. The predicted molar refractivity (Wildman–Crippen MR) is 90.6 cm³/mol. The van der Waals surface area contributed by atoms with E-state index in [9.17, 15) is 9.59 Å². The Morgan fingerprint density at radius 3 is 2.84 bits per heavy atom. The van der Waals surface area contributed by atoms with Gasteiger partial charge in [0.05, 0.1) is 24.5 Å². The molecule has 3 amide bonds. The zero-order valence-electron chi connectivity index (χ0n) is 13.9. The molecule has 25 heavy (non-hydrogen) atoms. The van der Waals surface area contributed by atoms with Gasteiger partial charge < -0.3 is 19.9 Å². The number of aromatic nitrogens is 2. The number of urea groups is 1. The maximum atomic E-state index is 12.7. The lowest BCUT2D eigenvalue weighted by Crippen LogP contribution is -2.40. The van der Waals surface area contributed by atoms with E-state index in [4.69, 9.17) is 4.74 Å². The molecule has 2 aliphatic heterocycles. The number of amides is 3. The van der Waals surface area contributed by atoms with Crippen LogP contribution >= 0.6 is 0 Å². The van der Waals surface area contributed by atoms with Crippen molar-refractivity contribution in [3.05, 3.63) is 42.7 Å². The van der Waals surface area contributed by atoms with Crippen molar-refractivity contribution in [2.45, 2.75) is 12.0 Å². The minimum absolute atomic E-state index is 0.206. The molecular formula is C17H19N5O3. The Morgan fingerprint density at radius 2 is 2.12 bits per heavy atom. The second-order valence-electron chi connectivity index (χ2n) is 6.48. The van der Waals surface area contributed by atoms with Crippen LogP contribution in [0.5, 0.6) is 0 Å². The highest BCUT2D eigenvalue weighted by Gasteiger charge is 2.49. The van der Waals surface area contributed by atoms with Crippen LogP contribution in [0.4, 0.5) is 15.3 Å². The van der Waals surface area contributed by atoms with Gasteiger partial charge in [-0.2, -0.15) is 5.10 Å². The van der Waals surface area contributed by atoms with Gasteiger partial charge >= 0.3 is 12.1 Å². The number of hydrogen-bond acceptors (Lipinski definition) is 4. The van der Waals surface area contributed by atoms with E-state index < -0.39 is 5.60 Å². The summed E-state index contributed by atoms with van der Waals surface area (Å²) in [6, 6.07) is 9.11. The number of ether oxygens (including phenoxy) is 1. The summed E-state index contributed by atoms with van der Waals surface area (Å²) in [5, 5.41) is 7.16. The minimum atomic E-state index is -0.579. The molecule has 0 saturated carbocycles. The van der Waals surface area contributed by atoms with E-state index in [-0.39, 0.29) is 12.1 Å². The fraction of sp³-hybridized carbons (Fsp3) is 0.353. The van der Waals surface area contributed by atoms with Gasteiger partial charge in [0, 0.05) is 32.4 Å². The maximum absolute atomic E-state index is 12.7. The Kier molecular flexibility index (Phi) is 3.60. The van der Waals surface area contributed by atoms with E-state index in [1.165, 1.54) is 0 Å². The van der Waals surface area contributed by atoms with E-state index in [1.807, 2.05) is 36.5 Å². The second kappa shape index (κ2) is 5.80. The van der Waals surface area contributed by atoms with Crippen LogP contribution in [0.2, 0.25) is 0 Å². The third-order valence-electron chi connectivity index (χ3n) is 4.64. The van der Waals surface area contributed by atoms with E-state index >= 15 is 0 Å². The monoisotopic (exact) mass is 341 g/mol. The molecule has 1 N–H and O–H groups in total. The average molecular weight is 341 g/mol. The van der Waals surface area contributed by atoms with Crippen LogP contribution in [0.1, 0.15) is 6.42 Å². The summed E-state index contributed by atoms with van der Waals surface area (Å²) in [6.45, 7) is 1.47. The Morgan fingerprint density at radius 1 is 1.28 bits per heavy atom. The summed E-state index contributed by atoms with van der Waals surface area (Å²) in [5.41, 5.74) is 0.893. The number of likely N-dealkylation sites (N-methyl/N-ethyl adjacent to an activating group) is 1. The number of benzene rings is 1. The topological polar surface area (TPSA) is 79.7 Å². The SMILES string of the molecule is CN1C[C@]2(CCN(C(=O)Nc3ccccc3-n3cccn3)C2)OC1=O. The molecule has 0 bridgehead atoms. The first-order valence-corrected chi connectivity index (χ1v) is 8.15. The van der Waals surface area contributed by atoms with Crippen molar-refractivity contribution in [2.24, 2.45) is 0 Å². The number of hydrogen-bond donors (Lipinski definition) is 1. The molecule has 2 fully saturated rings. The first kappa shape index (κ1) is 15.5. The molecule has 1 atom stereocenters. The fourth-order valence-electron chi connectivity index (χ4n) is 3.41. The summed E-state index contributed by atoms with van der Waals surface area (Å²) in [7, 11) is 1.71. The molecule has 1 aromatic heterocycles. The zero-order chi connectivity index (χ0) is 17.4. The molecule has 1 spiro atoms. The van der Waals surface area contributed by atoms with Gasteiger partial charge in [0.15, 0.2) is 5.60 Å². The molecule has 0 aliphatic carbocycles. The number of nitrogens with zero attached hydrogens (tertiary/aromatic N) is 4. The number of anilines is 1. The highest BCUT2D eigenvalue weighted by molar-refractivity contribution is 5.92. The molecule has 0 radical (unpaired) electrons. The standard InChI is InChI=1S/C17H19N5O3/c1-20-11-17(25-16(20)24)7-10-21(12-17)15(23)19-13-5-2-3-6-14(13)22-9-4-8-18-22/h2-6,8-9H,7,10-12H2,1H3,(H,19,23)/t17-/m0/s1. The first-order chi connectivity index (χ1) is 12.1. The van der Waals surface area contributed by atoms with Crippen LogP contribution in [-0.4, -0.2) is 64.0 Å². The van der Waals surface area contributed by atoms with Gasteiger partial charge in [0.2, 0.25) is 0 Å². The first-order valence-electron chi connectivity index (χ1n) is 8.15. The summed E-state index contributed by atoms with van der Waals surface area (Å²) in [4.78, 5) is 27.6. The summed E-state index contributed by atoms with van der Waals surface area (Å²) >= 11 is 0. The van der Waals surface area contributed by atoms with Crippen LogP contribution in [-0.2, 0) is 4.74 Å². The molecule has 0 unspecified atom stereocenters. The van der Waals surface area contributed by atoms with Crippen LogP contribution in [0, 0.1) is 0 Å². The van der Waals surface area contributed by atoms with Gasteiger partial charge in [0.25, 0.3) is 0 Å². The molecule has 2 aliphatic rings. The van der Waals surface area contributed by atoms with Gasteiger partial charge in [0.1, 0.15) is 0 Å². The number of nitrogens with one attached hydrogen (secondary N) is 1. The van der Waals surface area contributed by atoms with E-state index in [0.717, 1.165) is 5.69 Å². The molecule has 8 nitrogen and oxygen atoms in total. The summed E-state index contributed by atoms with van der Waals surface area (Å²) in [5.74, 6) is 0. The number of likely N-dealkylation sites (tertiary alicyclic amines) is 1. The van der Waals surface area contributed by atoms with Gasteiger partial charge in [-0.15, -0.1) is 0 Å². The lowest BCUT2D eigenvalue weighted by molar-refractivity contribution is 0.0663. The molecule has 130 valence electrons.